The number of nitrogens with one attached hydrogen (secondary N) is 1. The number of hydrogen-bond acceptors (Lipinski definition) is 5. The van der Waals surface area contributed by atoms with E-state index in [0.717, 1.165) is 18.4 Å². The van der Waals surface area contributed by atoms with Gasteiger partial charge in [-0.1, -0.05) is 48.0 Å². The maximum Gasteiger partial charge on any atom is 0.407 e. The smallest absolute Gasteiger partial charge is 0.407 e. The van der Waals surface area contributed by atoms with E-state index in [1.807, 2.05) is 30.3 Å². The zero-order chi connectivity index (χ0) is 19.2. The summed E-state index contributed by atoms with van der Waals surface area (Å²) in [4.78, 5) is 12.0. The lowest BCUT2D eigenvalue weighted by molar-refractivity contribution is 0.0763. The monoisotopic (exact) mass is 391 g/mol. The molecule has 3 N–H and O–H groups in total. The van der Waals surface area contributed by atoms with Crippen molar-refractivity contribution in [3.8, 4) is 5.75 Å². The highest BCUT2D eigenvalue weighted by molar-refractivity contribution is 6.32. The molecule has 0 saturated heterocycles. The Morgan fingerprint density at radius 2 is 1.96 bits per heavy atom. The summed E-state index contributed by atoms with van der Waals surface area (Å²) in [6.45, 7) is -0.362. The molecule has 1 fully saturated rings. The molecule has 1 aliphatic rings. The van der Waals surface area contributed by atoms with Crippen molar-refractivity contribution in [2.75, 3.05) is 6.61 Å². The van der Waals surface area contributed by atoms with Crippen molar-refractivity contribution in [3.05, 3.63) is 64.7 Å². The molecule has 7 heteroatoms. The van der Waals surface area contributed by atoms with E-state index < -0.39 is 24.8 Å². The van der Waals surface area contributed by atoms with E-state index in [1.165, 1.54) is 0 Å². The molecule has 2 aromatic carbocycles. The quantitative estimate of drug-likeness (QED) is 0.643. The van der Waals surface area contributed by atoms with Gasteiger partial charge in [-0.3, -0.25) is 0 Å². The average Bonchev–Trinajstić information content (AvgIpc) is 3.50. The molecule has 0 aliphatic heterocycles. The summed E-state index contributed by atoms with van der Waals surface area (Å²) in [5.74, 6) is 0.561. The molecule has 27 heavy (non-hydrogen) atoms. The average molecular weight is 392 g/mol. The van der Waals surface area contributed by atoms with Crippen LogP contribution in [0.5, 0.6) is 5.75 Å². The largest absolute Gasteiger partial charge is 0.489 e. The number of aliphatic hydroxyl groups excluding tert-OH is 2. The van der Waals surface area contributed by atoms with Crippen molar-refractivity contribution in [1.29, 1.82) is 0 Å². The topological polar surface area (TPSA) is 88.0 Å². The van der Waals surface area contributed by atoms with Crippen molar-refractivity contribution < 1.29 is 24.5 Å². The minimum atomic E-state index is -1.15. The second-order valence-corrected chi connectivity index (χ2v) is 6.85. The summed E-state index contributed by atoms with van der Waals surface area (Å²) < 4.78 is 10.8. The molecular weight excluding hydrogens is 370 g/mol. The van der Waals surface area contributed by atoms with Gasteiger partial charge in [-0.25, -0.2) is 4.79 Å². The zero-order valence-electron chi connectivity index (χ0n) is 14.7. The fraction of sp³-hybridized carbons (Fsp3) is 0.350. The predicted octanol–water partition coefficient (Wildman–Crippen LogP) is 3.20. The van der Waals surface area contributed by atoms with E-state index in [1.54, 1.807) is 18.2 Å². The van der Waals surface area contributed by atoms with Crippen LogP contribution < -0.4 is 10.1 Å². The Kier molecular flexibility index (Phi) is 6.55. The Morgan fingerprint density at radius 3 is 2.59 bits per heavy atom. The maximum atomic E-state index is 12.0. The fourth-order valence-electron chi connectivity index (χ4n) is 2.53. The number of alkyl carbamates (subject to hydrolysis) is 1. The fourth-order valence-corrected chi connectivity index (χ4v) is 2.77. The van der Waals surface area contributed by atoms with Crippen LogP contribution in [0.3, 0.4) is 0 Å². The van der Waals surface area contributed by atoms with Gasteiger partial charge in [0, 0.05) is 0 Å². The number of carbonyl (C=O) groups excluding carboxylic acids is 1. The summed E-state index contributed by atoms with van der Waals surface area (Å²) in [6, 6.07) is 13.2. The second kappa shape index (κ2) is 9.08. The van der Waals surface area contributed by atoms with Crippen LogP contribution in [-0.4, -0.2) is 35.1 Å². The number of rotatable bonds is 8. The van der Waals surface area contributed by atoms with Crippen LogP contribution in [0.2, 0.25) is 5.02 Å². The second-order valence-electron chi connectivity index (χ2n) is 6.45. The molecule has 6 nitrogen and oxygen atoms in total. The third kappa shape index (κ3) is 5.60. The first-order valence-corrected chi connectivity index (χ1v) is 9.17. The highest BCUT2D eigenvalue weighted by atomic mass is 35.5. The first kappa shape index (κ1) is 19.5. The summed E-state index contributed by atoms with van der Waals surface area (Å²) in [5, 5.41) is 22.9. The van der Waals surface area contributed by atoms with Gasteiger partial charge in [0.1, 0.15) is 18.5 Å². The summed E-state index contributed by atoms with van der Waals surface area (Å²) in [6.07, 6.45) is 0.373. The molecule has 1 amide bonds. The molecule has 1 aliphatic carbocycles. The standard InChI is InChI=1S/C20H22ClNO5/c21-16-10-14(6-9-18(16)27-15-7-8-15)19(24)17(11-23)22-20(25)26-12-13-4-2-1-3-5-13/h1-6,9-10,15,17,19,23-24H,7-8,11-12H2,(H,22,25)/t17-,19-/m1/s1. The highest BCUT2D eigenvalue weighted by Gasteiger charge is 2.26. The van der Waals surface area contributed by atoms with Crippen LogP contribution in [0.25, 0.3) is 0 Å². The van der Waals surface area contributed by atoms with Crippen LogP contribution in [0.1, 0.15) is 30.1 Å². The van der Waals surface area contributed by atoms with Crippen molar-refractivity contribution in [2.45, 2.75) is 37.7 Å². The predicted molar refractivity (Wildman–Crippen MR) is 101 cm³/mol. The Bertz CT molecular complexity index is 766. The molecular formula is C20H22ClNO5. The molecule has 0 heterocycles. The Balaban J connectivity index is 1.57. The molecule has 3 rings (SSSR count). The lowest BCUT2D eigenvalue weighted by Gasteiger charge is -2.23. The van der Waals surface area contributed by atoms with E-state index >= 15 is 0 Å². The minimum absolute atomic E-state index is 0.0972. The summed E-state index contributed by atoms with van der Waals surface area (Å²) in [7, 11) is 0. The number of halogens is 1. The Labute approximate surface area is 162 Å². The number of benzene rings is 2. The number of amides is 1. The van der Waals surface area contributed by atoms with Gasteiger partial charge in [-0.2, -0.15) is 0 Å². The van der Waals surface area contributed by atoms with Crippen LogP contribution in [0.15, 0.2) is 48.5 Å². The molecule has 2 atom stereocenters. The minimum Gasteiger partial charge on any atom is -0.489 e. The summed E-state index contributed by atoms with van der Waals surface area (Å²) >= 11 is 6.21. The van der Waals surface area contributed by atoms with Gasteiger partial charge in [0.05, 0.1) is 23.8 Å². The number of hydrogen-bond donors (Lipinski definition) is 3. The normalized spacial score (nSPS) is 15.7. The summed E-state index contributed by atoms with van der Waals surface area (Å²) in [5.41, 5.74) is 1.30. The van der Waals surface area contributed by atoms with Crippen LogP contribution in [-0.2, 0) is 11.3 Å². The van der Waals surface area contributed by atoms with Crippen molar-refractivity contribution >= 4 is 17.7 Å². The van der Waals surface area contributed by atoms with Gasteiger partial charge in [-0.15, -0.1) is 0 Å². The van der Waals surface area contributed by atoms with Gasteiger partial charge in [-0.05, 0) is 36.1 Å². The lowest BCUT2D eigenvalue weighted by Crippen LogP contribution is -2.42. The third-order valence-electron chi connectivity index (χ3n) is 4.21. The van der Waals surface area contributed by atoms with Crippen molar-refractivity contribution in [1.82, 2.24) is 5.32 Å². The van der Waals surface area contributed by atoms with Gasteiger partial charge < -0.3 is 25.0 Å². The van der Waals surface area contributed by atoms with Gasteiger partial charge in [0.15, 0.2) is 0 Å². The molecule has 0 spiro atoms. The number of aliphatic hydroxyl groups is 2. The first-order valence-electron chi connectivity index (χ1n) is 8.79. The van der Waals surface area contributed by atoms with Crippen molar-refractivity contribution in [2.24, 2.45) is 0 Å². The van der Waals surface area contributed by atoms with Crippen LogP contribution in [0.4, 0.5) is 4.79 Å². The van der Waals surface area contributed by atoms with E-state index in [0.29, 0.717) is 16.3 Å². The van der Waals surface area contributed by atoms with E-state index in [4.69, 9.17) is 21.1 Å². The Hall–Kier alpha value is -2.28. The van der Waals surface area contributed by atoms with Gasteiger partial charge in [0.25, 0.3) is 0 Å². The Morgan fingerprint density at radius 1 is 1.22 bits per heavy atom. The van der Waals surface area contributed by atoms with Crippen LogP contribution >= 0.6 is 11.6 Å². The molecule has 0 aromatic heterocycles. The molecule has 2 aromatic rings. The number of carbonyl (C=O) groups is 1. The SMILES string of the molecule is O=C(N[C@H](CO)[C@H](O)c1ccc(OC2CC2)c(Cl)c1)OCc1ccccc1. The van der Waals surface area contributed by atoms with Crippen molar-refractivity contribution in [3.63, 3.8) is 0 Å². The van der Waals surface area contributed by atoms with E-state index in [9.17, 15) is 15.0 Å². The maximum absolute atomic E-state index is 12.0. The number of ether oxygens (including phenoxy) is 2. The molecule has 0 radical (unpaired) electrons. The molecule has 0 bridgehead atoms. The molecule has 1 saturated carbocycles. The zero-order valence-corrected chi connectivity index (χ0v) is 15.4. The molecule has 144 valence electrons. The lowest BCUT2D eigenvalue weighted by atomic mass is 10.0. The van der Waals surface area contributed by atoms with E-state index in [-0.39, 0.29) is 12.7 Å². The third-order valence-corrected chi connectivity index (χ3v) is 4.50. The van der Waals surface area contributed by atoms with E-state index in [2.05, 4.69) is 5.32 Å². The molecule has 0 unspecified atom stereocenters. The van der Waals surface area contributed by atoms with Gasteiger partial charge >= 0.3 is 6.09 Å². The highest BCUT2D eigenvalue weighted by Crippen LogP contribution is 2.34. The first-order chi connectivity index (χ1) is 13.1. The van der Waals surface area contributed by atoms with Gasteiger partial charge in [0.2, 0.25) is 0 Å². The van der Waals surface area contributed by atoms with Crippen LogP contribution in [0, 0.1) is 0 Å².